The van der Waals surface area contributed by atoms with E-state index in [2.05, 4.69) is 4.98 Å². The van der Waals surface area contributed by atoms with Crippen LogP contribution in [0.2, 0.25) is 0 Å². The van der Waals surface area contributed by atoms with E-state index < -0.39 is 0 Å². The van der Waals surface area contributed by atoms with Gasteiger partial charge in [-0.3, -0.25) is 0 Å². The zero-order chi connectivity index (χ0) is 18.2. The summed E-state index contributed by atoms with van der Waals surface area (Å²) in [5, 5.41) is 9.06. The Bertz CT molecular complexity index is 890. The van der Waals surface area contributed by atoms with Crippen LogP contribution in [0.5, 0.6) is 5.75 Å². The largest absolute Gasteiger partial charge is 0.489 e. The summed E-state index contributed by atoms with van der Waals surface area (Å²) in [5.74, 6) is 0.207. The van der Waals surface area contributed by atoms with E-state index in [1.807, 2.05) is 36.4 Å². The number of aromatic nitrogens is 1. The van der Waals surface area contributed by atoms with Crippen LogP contribution >= 0.6 is 0 Å². The van der Waals surface area contributed by atoms with Crippen LogP contribution in [-0.4, -0.2) is 18.2 Å². The van der Waals surface area contributed by atoms with Crippen molar-refractivity contribution in [3.05, 3.63) is 83.9 Å². The van der Waals surface area contributed by atoms with Crippen molar-refractivity contribution < 1.29 is 13.9 Å². The fourth-order valence-corrected chi connectivity index (χ4v) is 2.45. The molecular weight excluding hydrogens is 331 g/mol. The predicted octanol–water partition coefficient (Wildman–Crippen LogP) is 4.35. The van der Waals surface area contributed by atoms with E-state index in [-0.39, 0.29) is 11.5 Å². The van der Waals surface area contributed by atoms with Crippen LogP contribution in [0, 0.1) is 17.1 Å². The monoisotopic (exact) mass is 348 g/mol. The van der Waals surface area contributed by atoms with Crippen LogP contribution in [-0.2, 0) is 11.3 Å². The maximum absolute atomic E-state index is 13.2. The molecule has 0 fully saturated rings. The van der Waals surface area contributed by atoms with E-state index in [0.29, 0.717) is 31.1 Å². The third-order valence-electron chi connectivity index (χ3n) is 3.73. The molecule has 26 heavy (non-hydrogen) atoms. The molecule has 0 aliphatic rings. The Morgan fingerprint density at radius 3 is 2.50 bits per heavy atom. The first-order valence-electron chi connectivity index (χ1n) is 8.17. The minimum absolute atomic E-state index is 0.275. The first kappa shape index (κ1) is 17.6. The van der Waals surface area contributed by atoms with E-state index in [4.69, 9.17) is 14.7 Å². The van der Waals surface area contributed by atoms with Crippen molar-refractivity contribution in [1.29, 1.82) is 5.26 Å². The standard InChI is InChI=1S/C21H17FN2O2/c22-18-8-6-17(7-9-18)20-12-19(13-23)24-14-21(20)26-11-10-25-15-16-4-2-1-3-5-16/h1-9,12,14H,10-11,15H2. The maximum atomic E-state index is 13.2. The second-order valence-electron chi connectivity index (χ2n) is 5.57. The van der Waals surface area contributed by atoms with Gasteiger partial charge in [-0.1, -0.05) is 42.5 Å². The molecule has 0 aliphatic heterocycles. The molecule has 0 saturated carbocycles. The average Bonchev–Trinajstić information content (AvgIpc) is 2.69. The molecule has 3 rings (SSSR count). The molecule has 1 aromatic heterocycles. The second-order valence-corrected chi connectivity index (χ2v) is 5.57. The number of hydrogen-bond donors (Lipinski definition) is 0. The summed E-state index contributed by atoms with van der Waals surface area (Å²) in [6.07, 6.45) is 1.51. The lowest BCUT2D eigenvalue weighted by Crippen LogP contribution is -2.07. The van der Waals surface area contributed by atoms with Gasteiger partial charge < -0.3 is 9.47 Å². The second kappa shape index (κ2) is 8.75. The summed E-state index contributed by atoms with van der Waals surface area (Å²) in [5.41, 5.74) is 2.82. The molecule has 4 nitrogen and oxygen atoms in total. The minimum atomic E-state index is -0.319. The van der Waals surface area contributed by atoms with Gasteiger partial charge in [0.1, 0.15) is 29.9 Å². The lowest BCUT2D eigenvalue weighted by Gasteiger charge is -2.12. The molecular formula is C21H17FN2O2. The minimum Gasteiger partial charge on any atom is -0.489 e. The predicted molar refractivity (Wildman–Crippen MR) is 95.9 cm³/mol. The highest BCUT2D eigenvalue weighted by Gasteiger charge is 2.09. The number of benzene rings is 2. The molecule has 0 bridgehead atoms. The van der Waals surface area contributed by atoms with Crippen molar-refractivity contribution in [2.45, 2.75) is 6.61 Å². The van der Waals surface area contributed by atoms with Crippen molar-refractivity contribution >= 4 is 0 Å². The van der Waals surface area contributed by atoms with Gasteiger partial charge in [0.05, 0.1) is 19.4 Å². The van der Waals surface area contributed by atoms with Gasteiger partial charge in [0.2, 0.25) is 0 Å². The fourth-order valence-electron chi connectivity index (χ4n) is 2.45. The van der Waals surface area contributed by atoms with Gasteiger partial charge in [-0.25, -0.2) is 9.37 Å². The Kier molecular flexibility index (Phi) is 5.92. The summed E-state index contributed by atoms with van der Waals surface area (Å²) in [7, 11) is 0. The topological polar surface area (TPSA) is 55.1 Å². The summed E-state index contributed by atoms with van der Waals surface area (Å²) in [4.78, 5) is 4.05. The highest BCUT2D eigenvalue weighted by Crippen LogP contribution is 2.30. The van der Waals surface area contributed by atoms with Gasteiger partial charge in [0, 0.05) is 5.56 Å². The molecule has 130 valence electrons. The summed E-state index contributed by atoms with van der Waals surface area (Å²) >= 11 is 0. The number of halogens is 1. The van der Waals surface area contributed by atoms with Gasteiger partial charge in [-0.05, 0) is 29.3 Å². The van der Waals surface area contributed by atoms with Gasteiger partial charge in [0.15, 0.2) is 0 Å². The molecule has 0 radical (unpaired) electrons. The number of nitriles is 1. The first-order valence-corrected chi connectivity index (χ1v) is 8.17. The van der Waals surface area contributed by atoms with Crippen LogP contribution in [0.3, 0.4) is 0 Å². The smallest absolute Gasteiger partial charge is 0.145 e. The lowest BCUT2D eigenvalue weighted by molar-refractivity contribution is 0.0890. The molecule has 0 atom stereocenters. The van der Waals surface area contributed by atoms with E-state index in [1.165, 1.54) is 18.3 Å². The molecule has 0 amide bonds. The summed E-state index contributed by atoms with van der Waals surface area (Å²) in [6, 6.07) is 19.5. The Balaban J connectivity index is 1.63. The van der Waals surface area contributed by atoms with Gasteiger partial charge in [-0.15, -0.1) is 0 Å². The van der Waals surface area contributed by atoms with Gasteiger partial charge >= 0.3 is 0 Å². The van der Waals surface area contributed by atoms with E-state index in [1.54, 1.807) is 18.2 Å². The molecule has 0 saturated heterocycles. The number of ether oxygens (including phenoxy) is 2. The lowest BCUT2D eigenvalue weighted by atomic mass is 10.1. The Morgan fingerprint density at radius 2 is 1.77 bits per heavy atom. The number of pyridine rings is 1. The van der Waals surface area contributed by atoms with Crippen molar-refractivity contribution in [2.75, 3.05) is 13.2 Å². The molecule has 3 aromatic rings. The normalized spacial score (nSPS) is 10.3. The van der Waals surface area contributed by atoms with Crippen molar-refractivity contribution in [1.82, 2.24) is 4.98 Å². The number of hydrogen-bond acceptors (Lipinski definition) is 4. The average molecular weight is 348 g/mol. The van der Waals surface area contributed by atoms with Crippen LogP contribution in [0.1, 0.15) is 11.3 Å². The first-order chi connectivity index (χ1) is 12.8. The molecule has 1 heterocycles. The van der Waals surface area contributed by atoms with Gasteiger partial charge in [-0.2, -0.15) is 5.26 Å². The van der Waals surface area contributed by atoms with Crippen LogP contribution < -0.4 is 4.74 Å². The van der Waals surface area contributed by atoms with Crippen molar-refractivity contribution in [3.8, 4) is 22.9 Å². The zero-order valence-electron chi connectivity index (χ0n) is 14.1. The van der Waals surface area contributed by atoms with Crippen LogP contribution in [0.15, 0.2) is 66.9 Å². The van der Waals surface area contributed by atoms with E-state index in [0.717, 1.165) is 11.1 Å². The summed E-state index contributed by atoms with van der Waals surface area (Å²) in [6.45, 7) is 1.27. The maximum Gasteiger partial charge on any atom is 0.145 e. The molecule has 5 heteroatoms. The highest BCUT2D eigenvalue weighted by molar-refractivity contribution is 5.70. The van der Waals surface area contributed by atoms with E-state index >= 15 is 0 Å². The third kappa shape index (κ3) is 4.65. The Morgan fingerprint density at radius 1 is 1.00 bits per heavy atom. The van der Waals surface area contributed by atoms with E-state index in [9.17, 15) is 4.39 Å². The van der Waals surface area contributed by atoms with Crippen LogP contribution in [0.4, 0.5) is 4.39 Å². The molecule has 0 aliphatic carbocycles. The fraction of sp³-hybridized carbons (Fsp3) is 0.143. The summed E-state index contributed by atoms with van der Waals surface area (Å²) < 4.78 is 24.5. The third-order valence-corrected chi connectivity index (χ3v) is 3.73. The quantitative estimate of drug-likeness (QED) is 0.596. The van der Waals surface area contributed by atoms with Gasteiger partial charge in [0.25, 0.3) is 0 Å². The zero-order valence-corrected chi connectivity index (χ0v) is 14.1. The number of rotatable bonds is 7. The molecule has 2 aromatic carbocycles. The molecule has 0 spiro atoms. The SMILES string of the molecule is N#Cc1cc(-c2ccc(F)cc2)c(OCCOCc2ccccc2)cn1. The highest BCUT2D eigenvalue weighted by atomic mass is 19.1. The molecule has 0 unspecified atom stereocenters. The van der Waals surface area contributed by atoms with Crippen molar-refractivity contribution in [2.24, 2.45) is 0 Å². The van der Waals surface area contributed by atoms with Crippen LogP contribution in [0.25, 0.3) is 11.1 Å². The molecule has 0 N–H and O–H groups in total. The Labute approximate surface area is 151 Å². The van der Waals surface area contributed by atoms with Crippen molar-refractivity contribution in [3.63, 3.8) is 0 Å². The Hall–Kier alpha value is -3.23. The number of nitrogens with zero attached hydrogens (tertiary/aromatic N) is 2.